The highest BCUT2D eigenvalue weighted by Gasteiger charge is 2.22. The fourth-order valence-corrected chi connectivity index (χ4v) is 8.44. The molecule has 8 aromatic carbocycles. The van der Waals surface area contributed by atoms with Crippen molar-refractivity contribution in [1.29, 1.82) is 0 Å². The molecule has 0 amide bonds. The van der Waals surface area contributed by atoms with Gasteiger partial charge in [0.2, 0.25) is 0 Å². The summed E-state index contributed by atoms with van der Waals surface area (Å²) in [5, 5.41) is 3.54. The van der Waals surface area contributed by atoms with E-state index in [4.69, 9.17) is 9.97 Å². The van der Waals surface area contributed by atoms with E-state index in [1.165, 1.54) is 27.4 Å². The predicted octanol–water partition coefficient (Wildman–Crippen LogP) is 13.3. The molecular weight excluding hydrogens is 681 g/mol. The number of benzene rings is 8. The highest BCUT2D eigenvalue weighted by atomic mass is 15.0. The lowest BCUT2D eigenvalue weighted by atomic mass is 9.96. The molecular formula is C52H34N4. The maximum absolute atomic E-state index is 5.51. The summed E-state index contributed by atoms with van der Waals surface area (Å²) < 4.78 is 4.70. The standard InChI is InChI=1S/C52H34N4/c1-4-17-35(18-5-1)36-19-14-22-39(33-36)52-53-49(51-50(54-52)44-28-11-13-31-46(44)56(51)41-25-8-3-9-26-41)38-21-15-20-37(34-38)42-29-16-32-47-48(42)43-27-10-12-30-45(43)55(47)40-23-6-2-7-24-40/h1-34H. The average molecular weight is 715 g/mol. The molecule has 0 aliphatic heterocycles. The molecule has 0 spiro atoms. The number of hydrogen-bond acceptors (Lipinski definition) is 2. The van der Waals surface area contributed by atoms with E-state index in [2.05, 4.69) is 215 Å². The summed E-state index contributed by atoms with van der Waals surface area (Å²) in [5.74, 6) is 0.694. The molecule has 0 aliphatic rings. The topological polar surface area (TPSA) is 35.6 Å². The van der Waals surface area contributed by atoms with Gasteiger partial charge in [-0.2, -0.15) is 0 Å². The first-order valence-electron chi connectivity index (χ1n) is 19.0. The molecule has 11 rings (SSSR count). The minimum absolute atomic E-state index is 0.694. The smallest absolute Gasteiger partial charge is 0.160 e. The third-order valence-electron chi connectivity index (χ3n) is 10.9. The molecule has 0 aliphatic carbocycles. The summed E-state index contributed by atoms with van der Waals surface area (Å²) in [6, 6.07) is 73.1. The van der Waals surface area contributed by atoms with Gasteiger partial charge in [-0.1, -0.05) is 152 Å². The van der Waals surface area contributed by atoms with Gasteiger partial charge in [0.05, 0.1) is 27.8 Å². The summed E-state index contributed by atoms with van der Waals surface area (Å²) in [7, 11) is 0. The van der Waals surface area contributed by atoms with Crippen LogP contribution >= 0.6 is 0 Å². The van der Waals surface area contributed by atoms with E-state index in [1.807, 2.05) is 0 Å². The predicted molar refractivity (Wildman–Crippen MR) is 232 cm³/mol. The zero-order chi connectivity index (χ0) is 37.0. The number of aromatic nitrogens is 4. The van der Waals surface area contributed by atoms with E-state index in [1.54, 1.807) is 0 Å². The van der Waals surface area contributed by atoms with Gasteiger partial charge >= 0.3 is 0 Å². The molecule has 0 N–H and O–H groups in total. The molecule has 0 bridgehead atoms. The van der Waals surface area contributed by atoms with Crippen LogP contribution in [0.1, 0.15) is 0 Å². The van der Waals surface area contributed by atoms with E-state index < -0.39 is 0 Å². The monoisotopic (exact) mass is 714 g/mol. The van der Waals surface area contributed by atoms with Crippen LogP contribution in [0, 0.1) is 0 Å². The number of rotatable bonds is 6. The molecule has 0 saturated carbocycles. The Hall–Kier alpha value is -7.56. The maximum atomic E-state index is 5.51. The summed E-state index contributed by atoms with van der Waals surface area (Å²) in [6.07, 6.45) is 0. The van der Waals surface area contributed by atoms with Crippen LogP contribution in [-0.2, 0) is 0 Å². The zero-order valence-electron chi connectivity index (χ0n) is 30.4. The first-order valence-corrected chi connectivity index (χ1v) is 19.0. The minimum atomic E-state index is 0.694. The highest BCUT2D eigenvalue weighted by molar-refractivity contribution is 6.16. The first kappa shape index (κ1) is 31.9. The minimum Gasteiger partial charge on any atom is -0.309 e. The fraction of sp³-hybridized carbons (Fsp3) is 0. The molecule has 0 atom stereocenters. The molecule has 3 aromatic heterocycles. The summed E-state index contributed by atoms with van der Waals surface area (Å²) in [5.41, 5.74) is 15.1. The molecule has 0 radical (unpaired) electrons. The summed E-state index contributed by atoms with van der Waals surface area (Å²) >= 11 is 0. The SMILES string of the molecule is c1ccc(-c2cccc(-c3nc(-c4cccc(-c5cccc6c5c5ccccc5n6-c5ccccc5)c4)c4c(n3)c3ccccc3n4-c3ccccc3)c2)cc1. The molecule has 11 aromatic rings. The quantitative estimate of drug-likeness (QED) is 0.172. The van der Waals surface area contributed by atoms with Gasteiger partial charge in [-0.3, -0.25) is 0 Å². The zero-order valence-corrected chi connectivity index (χ0v) is 30.4. The third kappa shape index (κ3) is 5.15. The van der Waals surface area contributed by atoms with Crippen LogP contribution in [0.2, 0.25) is 0 Å². The Balaban J connectivity index is 1.18. The van der Waals surface area contributed by atoms with E-state index in [-0.39, 0.29) is 0 Å². The second kappa shape index (κ2) is 13.1. The molecule has 0 fully saturated rings. The molecule has 4 heteroatoms. The van der Waals surface area contributed by atoms with Crippen LogP contribution in [-0.4, -0.2) is 19.1 Å². The van der Waals surface area contributed by atoms with Crippen molar-refractivity contribution in [2.24, 2.45) is 0 Å². The van der Waals surface area contributed by atoms with Gasteiger partial charge in [-0.25, -0.2) is 9.97 Å². The number of para-hydroxylation sites is 4. The number of nitrogens with zero attached hydrogens (tertiary/aromatic N) is 4. The van der Waals surface area contributed by atoms with Crippen LogP contribution in [0.5, 0.6) is 0 Å². The van der Waals surface area contributed by atoms with Gasteiger partial charge < -0.3 is 9.13 Å². The van der Waals surface area contributed by atoms with Gasteiger partial charge in [0.1, 0.15) is 5.52 Å². The lowest BCUT2D eigenvalue weighted by Gasteiger charge is -2.14. The lowest BCUT2D eigenvalue weighted by molar-refractivity contribution is 1.15. The third-order valence-corrected chi connectivity index (χ3v) is 10.9. The lowest BCUT2D eigenvalue weighted by Crippen LogP contribution is -2.00. The fourth-order valence-electron chi connectivity index (χ4n) is 8.44. The van der Waals surface area contributed by atoms with Crippen LogP contribution in [0.15, 0.2) is 206 Å². The molecule has 0 saturated heterocycles. The van der Waals surface area contributed by atoms with Gasteiger partial charge in [0, 0.05) is 38.7 Å². The average Bonchev–Trinajstić information content (AvgIpc) is 3.80. The van der Waals surface area contributed by atoms with Crippen LogP contribution in [0.25, 0.3) is 100 Å². The van der Waals surface area contributed by atoms with Crippen LogP contribution in [0.3, 0.4) is 0 Å². The van der Waals surface area contributed by atoms with Gasteiger partial charge in [-0.05, 0) is 76.9 Å². The molecule has 56 heavy (non-hydrogen) atoms. The van der Waals surface area contributed by atoms with Crippen molar-refractivity contribution in [3.8, 4) is 56.3 Å². The van der Waals surface area contributed by atoms with E-state index in [0.717, 1.165) is 66.8 Å². The maximum Gasteiger partial charge on any atom is 0.160 e. The molecule has 262 valence electrons. The summed E-state index contributed by atoms with van der Waals surface area (Å²) in [4.78, 5) is 10.9. The Labute approximate surface area is 324 Å². The Kier molecular flexibility index (Phi) is 7.46. The van der Waals surface area contributed by atoms with Crippen molar-refractivity contribution in [1.82, 2.24) is 19.1 Å². The van der Waals surface area contributed by atoms with Crippen LogP contribution in [0.4, 0.5) is 0 Å². The Morgan fingerprint density at radius 2 is 0.857 bits per heavy atom. The highest BCUT2D eigenvalue weighted by Crippen LogP contribution is 2.42. The van der Waals surface area contributed by atoms with Crippen molar-refractivity contribution in [3.05, 3.63) is 206 Å². The van der Waals surface area contributed by atoms with E-state index >= 15 is 0 Å². The Morgan fingerprint density at radius 3 is 1.61 bits per heavy atom. The van der Waals surface area contributed by atoms with Crippen LogP contribution < -0.4 is 0 Å². The first-order chi connectivity index (χ1) is 27.8. The van der Waals surface area contributed by atoms with Crippen molar-refractivity contribution in [2.45, 2.75) is 0 Å². The normalized spacial score (nSPS) is 11.6. The number of hydrogen-bond donors (Lipinski definition) is 0. The molecule has 3 heterocycles. The van der Waals surface area contributed by atoms with E-state index in [0.29, 0.717) is 5.82 Å². The van der Waals surface area contributed by atoms with Crippen molar-refractivity contribution in [3.63, 3.8) is 0 Å². The van der Waals surface area contributed by atoms with Gasteiger partial charge in [-0.15, -0.1) is 0 Å². The van der Waals surface area contributed by atoms with Crippen molar-refractivity contribution < 1.29 is 0 Å². The Morgan fingerprint density at radius 1 is 0.339 bits per heavy atom. The van der Waals surface area contributed by atoms with E-state index in [9.17, 15) is 0 Å². The Bertz CT molecular complexity index is 3230. The number of fused-ring (bicyclic) bond motifs is 6. The van der Waals surface area contributed by atoms with Gasteiger partial charge in [0.25, 0.3) is 0 Å². The second-order valence-corrected chi connectivity index (χ2v) is 14.2. The molecule has 4 nitrogen and oxygen atoms in total. The van der Waals surface area contributed by atoms with Crippen molar-refractivity contribution in [2.75, 3.05) is 0 Å². The molecule has 0 unspecified atom stereocenters. The largest absolute Gasteiger partial charge is 0.309 e. The van der Waals surface area contributed by atoms with Crippen molar-refractivity contribution >= 4 is 43.7 Å². The van der Waals surface area contributed by atoms with Gasteiger partial charge in [0.15, 0.2) is 5.82 Å². The second-order valence-electron chi connectivity index (χ2n) is 14.2. The summed E-state index contributed by atoms with van der Waals surface area (Å²) in [6.45, 7) is 0.